The van der Waals surface area contributed by atoms with Crippen molar-refractivity contribution in [2.45, 2.75) is 65.2 Å². The predicted octanol–water partition coefficient (Wildman–Crippen LogP) is 7.06. The lowest BCUT2D eigenvalue weighted by Gasteiger charge is -2.34. The Morgan fingerprint density at radius 2 is 1.54 bits per heavy atom. The highest BCUT2D eigenvalue weighted by atomic mass is 19.1. The van der Waals surface area contributed by atoms with E-state index in [1.54, 1.807) is 12.1 Å². The van der Waals surface area contributed by atoms with Gasteiger partial charge in [0.25, 0.3) is 0 Å². The monoisotopic (exact) mass is 326 g/mol. The zero-order valence-corrected chi connectivity index (χ0v) is 15.9. The van der Waals surface area contributed by atoms with Crippen LogP contribution in [0, 0.1) is 11.7 Å². The van der Waals surface area contributed by atoms with Gasteiger partial charge in [-0.1, -0.05) is 77.9 Å². The molecule has 1 heteroatoms. The van der Waals surface area contributed by atoms with Crippen LogP contribution in [0.15, 0.2) is 48.5 Å². The first-order valence-corrected chi connectivity index (χ1v) is 9.13. The van der Waals surface area contributed by atoms with Gasteiger partial charge < -0.3 is 0 Å². The van der Waals surface area contributed by atoms with Crippen LogP contribution in [0.5, 0.6) is 0 Å². The van der Waals surface area contributed by atoms with E-state index in [0.29, 0.717) is 17.8 Å². The Kier molecular flexibility index (Phi) is 5.85. The molecule has 0 bridgehead atoms. The van der Waals surface area contributed by atoms with E-state index in [9.17, 15) is 4.39 Å². The van der Waals surface area contributed by atoms with Gasteiger partial charge in [-0.25, -0.2) is 4.39 Å². The van der Waals surface area contributed by atoms with Gasteiger partial charge in [0.1, 0.15) is 5.82 Å². The number of benzene rings is 2. The lowest BCUT2D eigenvalue weighted by Crippen LogP contribution is -2.25. The van der Waals surface area contributed by atoms with Crippen molar-refractivity contribution in [2.75, 3.05) is 0 Å². The minimum atomic E-state index is -0.173. The van der Waals surface area contributed by atoms with E-state index in [-0.39, 0.29) is 11.2 Å². The molecule has 2 aromatic carbocycles. The second-order valence-electron chi connectivity index (χ2n) is 7.88. The quantitative estimate of drug-likeness (QED) is 0.533. The molecule has 2 aromatic rings. The molecular formula is C23H31F. The molecule has 24 heavy (non-hydrogen) atoms. The molecule has 2 unspecified atom stereocenters. The summed E-state index contributed by atoms with van der Waals surface area (Å²) in [5.74, 6) is 1.38. The summed E-state index contributed by atoms with van der Waals surface area (Å²) in [7, 11) is 0. The highest BCUT2D eigenvalue weighted by molar-refractivity contribution is 5.36. The Labute approximate surface area is 147 Å². The van der Waals surface area contributed by atoms with Gasteiger partial charge in [-0.15, -0.1) is 0 Å². The van der Waals surface area contributed by atoms with Gasteiger partial charge in [0.2, 0.25) is 0 Å². The van der Waals surface area contributed by atoms with Crippen molar-refractivity contribution in [3.05, 3.63) is 71.0 Å². The molecule has 0 aliphatic carbocycles. The van der Waals surface area contributed by atoms with Gasteiger partial charge in [-0.2, -0.15) is 0 Å². The van der Waals surface area contributed by atoms with Crippen LogP contribution in [0.3, 0.4) is 0 Å². The Morgan fingerprint density at radius 1 is 0.917 bits per heavy atom. The maximum absolute atomic E-state index is 13.2. The second kappa shape index (κ2) is 7.51. The first-order chi connectivity index (χ1) is 11.3. The molecule has 0 fully saturated rings. The third-order valence-corrected chi connectivity index (χ3v) is 5.76. The van der Waals surface area contributed by atoms with E-state index < -0.39 is 0 Å². The number of hydrogen-bond donors (Lipinski definition) is 0. The maximum Gasteiger partial charge on any atom is 0.123 e. The van der Waals surface area contributed by atoms with E-state index in [1.807, 2.05) is 12.1 Å². The Bertz CT molecular complexity index is 652. The summed E-state index contributed by atoms with van der Waals surface area (Å²) < 4.78 is 13.2. The summed E-state index contributed by atoms with van der Waals surface area (Å²) in [6, 6.07) is 16.0. The zero-order valence-electron chi connectivity index (χ0n) is 15.9. The molecular weight excluding hydrogens is 295 g/mol. The molecule has 0 saturated carbocycles. The van der Waals surface area contributed by atoms with E-state index in [0.717, 1.165) is 6.42 Å². The number of rotatable bonds is 6. The average molecular weight is 326 g/mol. The van der Waals surface area contributed by atoms with Crippen molar-refractivity contribution in [3.8, 4) is 0 Å². The minimum absolute atomic E-state index is 0.0108. The van der Waals surface area contributed by atoms with Crippen molar-refractivity contribution >= 4 is 0 Å². The lowest BCUT2D eigenvalue weighted by molar-refractivity contribution is 0.433. The summed E-state index contributed by atoms with van der Waals surface area (Å²) in [4.78, 5) is 0. The van der Waals surface area contributed by atoms with Gasteiger partial charge >= 0.3 is 0 Å². The molecule has 2 rings (SSSR count). The summed E-state index contributed by atoms with van der Waals surface area (Å²) in [6.45, 7) is 13.7. The average Bonchev–Trinajstić information content (AvgIpc) is 2.55. The van der Waals surface area contributed by atoms with Crippen molar-refractivity contribution in [3.63, 3.8) is 0 Å². The van der Waals surface area contributed by atoms with Gasteiger partial charge in [-0.3, -0.25) is 0 Å². The van der Waals surface area contributed by atoms with Crippen LogP contribution in [0.2, 0.25) is 0 Å². The molecule has 0 aliphatic rings. The summed E-state index contributed by atoms with van der Waals surface area (Å²) in [6.07, 6.45) is 1.16. The van der Waals surface area contributed by atoms with E-state index >= 15 is 0 Å². The van der Waals surface area contributed by atoms with Crippen LogP contribution in [0.1, 0.15) is 76.5 Å². The number of halogens is 1. The van der Waals surface area contributed by atoms with Crippen molar-refractivity contribution in [2.24, 2.45) is 5.92 Å². The highest BCUT2D eigenvalue weighted by Gasteiger charge is 2.30. The molecule has 0 N–H and O–H groups in total. The van der Waals surface area contributed by atoms with E-state index in [4.69, 9.17) is 0 Å². The first kappa shape index (κ1) is 18.7. The molecule has 0 nitrogen and oxygen atoms in total. The Morgan fingerprint density at radius 3 is 2.08 bits per heavy atom. The van der Waals surface area contributed by atoms with Crippen LogP contribution in [0.25, 0.3) is 0 Å². The predicted molar refractivity (Wildman–Crippen MR) is 102 cm³/mol. The SMILES string of the molecule is CCC(c1cccc(C(C)(C)C(C)c2ccc(F)cc2)c1)C(C)C. The minimum Gasteiger partial charge on any atom is -0.207 e. The second-order valence-corrected chi connectivity index (χ2v) is 7.88. The van der Waals surface area contributed by atoms with Gasteiger partial charge in [-0.05, 0) is 58.4 Å². The largest absolute Gasteiger partial charge is 0.207 e. The molecule has 0 amide bonds. The fourth-order valence-corrected chi connectivity index (χ4v) is 3.68. The highest BCUT2D eigenvalue weighted by Crippen LogP contribution is 2.40. The van der Waals surface area contributed by atoms with Gasteiger partial charge in [0.05, 0.1) is 0 Å². The van der Waals surface area contributed by atoms with Crippen LogP contribution in [-0.4, -0.2) is 0 Å². The van der Waals surface area contributed by atoms with Crippen molar-refractivity contribution in [1.82, 2.24) is 0 Å². The molecule has 0 saturated heterocycles. The summed E-state index contributed by atoms with van der Waals surface area (Å²) >= 11 is 0. The molecule has 0 heterocycles. The smallest absolute Gasteiger partial charge is 0.123 e. The lowest BCUT2D eigenvalue weighted by atomic mass is 9.70. The standard InChI is InChI=1S/C23H31F/c1-7-22(16(2)3)19-9-8-10-20(15-19)23(5,6)17(4)18-11-13-21(24)14-12-18/h8-17,22H,7H2,1-6H3. The van der Waals surface area contributed by atoms with Gasteiger partial charge in [0.15, 0.2) is 0 Å². The molecule has 0 aliphatic heterocycles. The first-order valence-electron chi connectivity index (χ1n) is 9.13. The topological polar surface area (TPSA) is 0 Å². The Balaban J connectivity index is 2.36. The fraction of sp³-hybridized carbons (Fsp3) is 0.478. The summed E-state index contributed by atoms with van der Waals surface area (Å²) in [5, 5.41) is 0. The van der Waals surface area contributed by atoms with Crippen molar-refractivity contribution in [1.29, 1.82) is 0 Å². The van der Waals surface area contributed by atoms with Crippen LogP contribution in [0.4, 0.5) is 4.39 Å². The molecule has 0 aromatic heterocycles. The summed E-state index contributed by atoms with van der Waals surface area (Å²) in [5.41, 5.74) is 3.96. The Hall–Kier alpha value is -1.63. The van der Waals surface area contributed by atoms with Crippen molar-refractivity contribution < 1.29 is 4.39 Å². The maximum atomic E-state index is 13.2. The van der Waals surface area contributed by atoms with Crippen LogP contribution >= 0.6 is 0 Å². The number of hydrogen-bond acceptors (Lipinski definition) is 0. The van der Waals surface area contributed by atoms with Crippen LogP contribution < -0.4 is 0 Å². The normalized spacial score (nSPS) is 14.7. The zero-order chi connectivity index (χ0) is 17.9. The fourth-order valence-electron chi connectivity index (χ4n) is 3.68. The van der Waals surface area contributed by atoms with Crippen LogP contribution in [-0.2, 0) is 5.41 Å². The molecule has 2 atom stereocenters. The molecule has 130 valence electrons. The molecule has 0 radical (unpaired) electrons. The third-order valence-electron chi connectivity index (χ3n) is 5.76. The molecule has 0 spiro atoms. The van der Waals surface area contributed by atoms with Gasteiger partial charge in [0, 0.05) is 0 Å². The third kappa shape index (κ3) is 3.88. The van der Waals surface area contributed by atoms with E-state index in [1.165, 1.54) is 16.7 Å². The van der Waals surface area contributed by atoms with E-state index in [2.05, 4.69) is 65.8 Å².